The van der Waals surface area contributed by atoms with E-state index in [4.69, 9.17) is 19.9 Å². The molecule has 0 N–H and O–H groups in total. The Labute approximate surface area is 366 Å². The molecule has 297 valence electrons. The minimum Gasteiger partial charge on any atom is -0.348 e. The first-order valence-electron chi connectivity index (χ1n) is 20.5. The number of pyridine rings is 4. The van der Waals surface area contributed by atoms with Crippen LogP contribution in [0.3, 0.4) is 0 Å². The van der Waals surface area contributed by atoms with E-state index in [9.17, 15) is 0 Å². The quantitative estimate of drug-likeness (QED) is 0.128. The number of hydrogen-bond acceptors (Lipinski definition) is 4. The van der Waals surface area contributed by atoms with Crippen LogP contribution in [0.2, 0.25) is 0 Å². The summed E-state index contributed by atoms with van der Waals surface area (Å²) >= 11 is 0. The van der Waals surface area contributed by atoms with Crippen LogP contribution in [0.15, 0.2) is 140 Å². The predicted octanol–water partition coefficient (Wildman–Crippen LogP) is 13.4. The van der Waals surface area contributed by atoms with Crippen molar-refractivity contribution in [1.29, 1.82) is 0 Å². The maximum atomic E-state index is 4.95. The van der Waals surface area contributed by atoms with E-state index < -0.39 is 0 Å². The van der Waals surface area contributed by atoms with Crippen LogP contribution in [0.25, 0.3) is 99.2 Å². The fraction of sp³-hybridized carbons (Fsp3) is 0.111. The van der Waals surface area contributed by atoms with Crippen molar-refractivity contribution in [2.24, 2.45) is 0 Å². The van der Waals surface area contributed by atoms with E-state index >= 15 is 0 Å². The Morgan fingerprint density at radius 2 is 0.902 bits per heavy atom. The number of benzene rings is 6. The normalized spacial score (nSPS) is 11.6. The molecule has 0 aliphatic rings. The summed E-state index contributed by atoms with van der Waals surface area (Å²) < 4.78 is 4.52. The second kappa shape index (κ2) is 14.7. The van der Waals surface area contributed by atoms with Gasteiger partial charge in [0.25, 0.3) is 0 Å². The van der Waals surface area contributed by atoms with Crippen molar-refractivity contribution >= 4 is 77.0 Å². The number of hydrogen-bond donors (Lipinski definition) is 0. The molecule has 0 unspecified atom stereocenters. The van der Waals surface area contributed by atoms with Crippen molar-refractivity contribution in [2.75, 3.05) is 0 Å². The molecule has 1 radical (unpaired) electrons. The molecule has 6 aromatic heterocycles. The molecule has 6 heterocycles. The van der Waals surface area contributed by atoms with E-state index in [2.05, 4.69) is 164 Å². The molecule has 0 saturated carbocycles. The zero-order chi connectivity index (χ0) is 40.8. The number of fused-ring (bicyclic) bond motifs is 16. The maximum Gasteiger partial charge on any atom is 0.147 e. The molecule has 6 nitrogen and oxygen atoms in total. The molecule has 0 amide bonds. The number of aromatic nitrogens is 6. The fourth-order valence-electron chi connectivity index (χ4n) is 9.40. The first-order valence-corrected chi connectivity index (χ1v) is 20.5. The van der Waals surface area contributed by atoms with Crippen LogP contribution in [-0.4, -0.2) is 28.7 Å². The zero-order valence-electron chi connectivity index (χ0n) is 34.8. The summed E-state index contributed by atoms with van der Waals surface area (Å²) in [5.74, 6) is 0. The van der Waals surface area contributed by atoms with Gasteiger partial charge >= 0.3 is 0 Å². The molecule has 0 aliphatic heterocycles. The topological polar surface area (TPSA) is 60.4 Å². The van der Waals surface area contributed by atoms with E-state index in [-0.39, 0.29) is 20.1 Å². The molecular weight excluding hydrogens is 925 g/mol. The van der Waals surface area contributed by atoms with Gasteiger partial charge in [-0.3, -0.25) is 14.4 Å². The molecule has 0 atom stereocenters. The molecule has 0 bridgehead atoms. The van der Waals surface area contributed by atoms with Gasteiger partial charge in [0.15, 0.2) is 0 Å². The van der Waals surface area contributed by atoms with Gasteiger partial charge in [-0.2, -0.15) is 0 Å². The summed E-state index contributed by atoms with van der Waals surface area (Å²) in [6.07, 6.45) is 0. The summed E-state index contributed by atoms with van der Waals surface area (Å²) in [5, 5.41) is 4.33. The number of para-hydroxylation sites is 4. The van der Waals surface area contributed by atoms with Gasteiger partial charge in [0.1, 0.15) is 5.65 Å². The summed E-state index contributed by atoms with van der Waals surface area (Å²) in [6, 6.07) is 52.7. The second-order valence-electron chi connectivity index (χ2n) is 16.1. The number of rotatable bonds is 2. The Kier molecular flexibility index (Phi) is 9.28. The minimum atomic E-state index is 0. The van der Waals surface area contributed by atoms with Crippen LogP contribution in [0.4, 0.5) is 0 Å². The maximum absolute atomic E-state index is 4.95. The third-order valence-electron chi connectivity index (χ3n) is 12.1. The van der Waals surface area contributed by atoms with Gasteiger partial charge in [0, 0.05) is 42.1 Å². The standard InChI is InChI=1S/C27H21N3.C27H20N3.Ir/c2*1-16-7-6-8-17(2)25(16)19-12-14-23-21(15-19)26-20(13-11-18(3)28-26)27-29-22-9-4-5-10-24(22)30(23)27;/h4-15H,1-3H3;4-12,14-15H,1-3H3;/q;-1;. The van der Waals surface area contributed by atoms with Crippen molar-refractivity contribution in [3.05, 3.63) is 179 Å². The van der Waals surface area contributed by atoms with Gasteiger partial charge in [-0.1, -0.05) is 91.2 Å². The average molecular weight is 966 g/mol. The third-order valence-corrected chi connectivity index (χ3v) is 12.1. The van der Waals surface area contributed by atoms with E-state index in [1.54, 1.807) is 0 Å². The molecule has 7 heteroatoms. The molecule has 0 fully saturated rings. The Morgan fingerprint density at radius 3 is 1.48 bits per heavy atom. The molecule has 0 aliphatic carbocycles. The SMILES string of the molecule is Cc1c[c-]c2c(n1)c1cc(-c3c(C)cccc3C)ccc1n1c3ccccc3nc21.Cc1ccc2c(n1)c1cc(-c3c(C)cccc3C)ccc1n1c3ccccc3nc21.[Ir]. The van der Waals surface area contributed by atoms with Crippen LogP contribution in [0.1, 0.15) is 33.6 Å². The van der Waals surface area contributed by atoms with Crippen molar-refractivity contribution in [3.63, 3.8) is 0 Å². The van der Waals surface area contributed by atoms with Gasteiger partial charge in [-0.15, -0.1) is 12.1 Å². The Balaban J connectivity index is 0.000000144. The predicted molar refractivity (Wildman–Crippen MR) is 249 cm³/mol. The zero-order valence-corrected chi connectivity index (χ0v) is 37.2. The van der Waals surface area contributed by atoms with Crippen molar-refractivity contribution in [3.8, 4) is 22.3 Å². The van der Waals surface area contributed by atoms with Crippen LogP contribution in [-0.2, 0) is 20.1 Å². The molecule has 0 spiro atoms. The van der Waals surface area contributed by atoms with Crippen LogP contribution >= 0.6 is 0 Å². The number of imidazole rings is 2. The summed E-state index contributed by atoms with van der Waals surface area (Å²) in [7, 11) is 0. The smallest absolute Gasteiger partial charge is 0.147 e. The van der Waals surface area contributed by atoms with E-state index in [1.807, 2.05) is 32.0 Å². The second-order valence-corrected chi connectivity index (χ2v) is 16.1. The van der Waals surface area contributed by atoms with Gasteiger partial charge in [0.05, 0.1) is 38.7 Å². The molecule has 12 aromatic rings. The van der Waals surface area contributed by atoms with Gasteiger partial charge in [-0.05, 0) is 150 Å². The van der Waals surface area contributed by atoms with Gasteiger partial charge in [0.2, 0.25) is 0 Å². The van der Waals surface area contributed by atoms with E-state index in [1.165, 1.54) is 44.5 Å². The van der Waals surface area contributed by atoms with Crippen molar-refractivity contribution < 1.29 is 20.1 Å². The van der Waals surface area contributed by atoms with Gasteiger partial charge in [-0.25, -0.2) is 4.98 Å². The minimum absolute atomic E-state index is 0. The Bertz CT molecular complexity index is 3460. The van der Waals surface area contributed by atoms with Crippen LogP contribution in [0, 0.1) is 47.6 Å². The molecule has 6 aromatic carbocycles. The summed E-state index contributed by atoms with van der Waals surface area (Å²) in [4.78, 5) is 19.7. The number of aryl methyl sites for hydroxylation is 6. The van der Waals surface area contributed by atoms with E-state index in [0.717, 1.165) is 88.4 Å². The van der Waals surface area contributed by atoms with Crippen LogP contribution < -0.4 is 0 Å². The Morgan fingerprint density at radius 1 is 0.410 bits per heavy atom. The number of nitrogens with zero attached hydrogens (tertiary/aromatic N) is 6. The fourth-order valence-corrected chi connectivity index (χ4v) is 9.40. The van der Waals surface area contributed by atoms with E-state index in [0.29, 0.717) is 0 Å². The van der Waals surface area contributed by atoms with Crippen LogP contribution in [0.5, 0.6) is 0 Å². The largest absolute Gasteiger partial charge is 0.348 e. The van der Waals surface area contributed by atoms with Crippen molar-refractivity contribution in [2.45, 2.75) is 41.5 Å². The Hall–Kier alpha value is -6.79. The first-order chi connectivity index (χ1) is 29.2. The molecule has 12 rings (SSSR count). The summed E-state index contributed by atoms with van der Waals surface area (Å²) in [5.41, 5.74) is 22.5. The van der Waals surface area contributed by atoms with Gasteiger partial charge < -0.3 is 9.38 Å². The third kappa shape index (κ3) is 6.10. The molecular formula is C54H41IrN6-. The molecule has 61 heavy (non-hydrogen) atoms. The average Bonchev–Trinajstić information content (AvgIpc) is 3.84. The first kappa shape index (κ1) is 38.4. The summed E-state index contributed by atoms with van der Waals surface area (Å²) in [6.45, 7) is 12.8. The molecule has 0 saturated heterocycles. The van der Waals surface area contributed by atoms with Crippen molar-refractivity contribution in [1.82, 2.24) is 28.7 Å². The monoisotopic (exact) mass is 966 g/mol.